The first-order valence-electron chi connectivity index (χ1n) is 7.30. The van der Waals surface area contributed by atoms with Crippen molar-refractivity contribution in [2.24, 2.45) is 23.5 Å². The number of fused-ring (bicyclic) bond motifs is 1. The number of carbonyl (C=O) groups is 1. The normalized spacial score (nSPS) is 36.3. The fourth-order valence-corrected chi connectivity index (χ4v) is 4.13. The summed E-state index contributed by atoms with van der Waals surface area (Å²) in [5.74, 6) is 2.06. The minimum atomic E-state index is 0. The van der Waals surface area contributed by atoms with Gasteiger partial charge < -0.3 is 10.6 Å². The number of hydrogen-bond donors (Lipinski definition) is 1. The van der Waals surface area contributed by atoms with Crippen LogP contribution in [0.4, 0.5) is 0 Å². The van der Waals surface area contributed by atoms with Crippen LogP contribution in [-0.2, 0) is 4.79 Å². The van der Waals surface area contributed by atoms with E-state index in [0.717, 1.165) is 32.4 Å². The van der Waals surface area contributed by atoms with E-state index in [1.54, 1.807) is 0 Å². The number of amides is 1. The van der Waals surface area contributed by atoms with Gasteiger partial charge in [-0.25, -0.2) is 0 Å². The molecule has 0 spiro atoms. The number of likely N-dealkylation sites (tertiary alicyclic amines) is 1. The summed E-state index contributed by atoms with van der Waals surface area (Å²) >= 11 is 0. The average molecular weight is 273 g/mol. The van der Waals surface area contributed by atoms with Crippen molar-refractivity contribution in [3.63, 3.8) is 0 Å². The van der Waals surface area contributed by atoms with Gasteiger partial charge in [0.2, 0.25) is 5.91 Å². The maximum absolute atomic E-state index is 12.4. The third-order valence-electron chi connectivity index (χ3n) is 5.17. The molecule has 3 rings (SSSR count). The van der Waals surface area contributed by atoms with Crippen LogP contribution in [0.3, 0.4) is 0 Å². The standard InChI is InChI=1S/C14H24N2O.ClH/c15-13-7-3-6-11-8-16(9-12(11)13)14(17)10-4-1-2-5-10;/h10-13H,1-9,15H2;1H. The Hall–Kier alpha value is -0.280. The third kappa shape index (κ3) is 2.53. The predicted octanol–water partition coefficient (Wildman–Crippen LogP) is 2.18. The zero-order valence-corrected chi connectivity index (χ0v) is 11.8. The van der Waals surface area contributed by atoms with E-state index in [4.69, 9.17) is 5.73 Å². The smallest absolute Gasteiger partial charge is 0.225 e. The zero-order valence-electron chi connectivity index (χ0n) is 11.0. The second kappa shape index (κ2) is 5.79. The number of nitrogens with zero attached hydrogens (tertiary/aromatic N) is 1. The Morgan fingerprint density at radius 3 is 2.39 bits per heavy atom. The molecule has 4 heteroatoms. The van der Waals surface area contributed by atoms with E-state index >= 15 is 0 Å². The van der Waals surface area contributed by atoms with Crippen LogP contribution < -0.4 is 5.73 Å². The maximum atomic E-state index is 12.4. The number of rotatable bonds is 1. The zero-order chi connectivity index (χ0) is 11.8. The van der Waals surface area contributed by atoms with Crippen molar-refractivity contribution in [2.75, 3.05) is 13.1 Å². The number of halogens is 1. The van der Waals surface area contributed by atoms with E-state index in [0.29, 0.717) is 29.7 Å². The molecule has 0 radical (unpaired) electrons. The summed E-state index contributed by atoms with van der Waals surface area (Å²) < 4.78 is 0. The van der Waals surface area contributed by atoms with Crippen LogP contribution in [0.2, 0.25) is 0 Å². The molecule has 0 aromatic heterocycles. The molecule has 0 bridgehead atoms. The van der Waals surface area contributed by atoms with Gasteiger partial charge in [-0.2, -0.15) is 0 Å². The summed E-state index contributed by atoms with van der Waals surface area (Å²) in [6.45, 7) is 1.94. The van der Waals surface area contributed by atoms with E-state index in [1.807, 2.05) is 0 Å². The topological polar surface area (TPSA) is 46.3 Å². The van der Waals surface area contributed by atoms with Gasteiger partial charge in [0.15, 0.2) is 0 Å². The monoisotopic (exact) mass is 272 g/mol. The Labute approximate surface area is 116 Å². The first-order valence-corrected chi connectivity index (χ1v) is 7.30. The molecule has 3 fully saturated rings. The molecule has 2 saturated carbocycles. The quantitative estimate of drug-likeness (QED) is 0.795. The lowest BCUT2D eigenvalue weighted by Crippen LogP contribution is -2.39. The van der Waals surface area contributed by atoms with E-state index in [9.17, 15) is 4.79 Å². The lowest BCUT2D eigenvalue weighted by atomic mass is 9.78. The summed E-state index contributed by atoms with van der Waals surface area (Å²) in [7, 11) is 0. The Bertz CT molecular complexity index is 304. The molecule has 3 nitrogen and oxygen atoms in total. The van der Waals surface area contributed by atoms with E-state index in [1.165, 1.54) is 25.7 Å². The Morgan fingerprint density at radius 1 is 1.00 bits per heavy atom. The highest BCUT2D eigenvalue weighted by Gasteiger charge is 2.41. The molecular formula is C14H25ClN2O. The van der Waals surface area contributed by atoms with Gasteiger partial charge in [0.25, 0.3) is 0 Å². The molecule has 3 unspecified atom stereocenters. The number of hydrogen-bond acceptors (Lipinski definition) is 2. The fourth-order valence-electron chi connectivity index (χ4n) is 4.13. The van der Waals surface area contributed by atoms with E-state index < -0.39 is 0 Å². The number of carbonyl (C=O) groups excluding carboxylic acids is 1. The Kier molecular flexibility index (Phi) is 4.54. The Balaban J connectivity index is 0.00000120. The molecular weight excluding hydrogens is 248 g/mol. The second-order valence-electron chi connectivity index (χ2n) is 6.24. The largest absolute Gasteiger partial charge is 0.342 e. The van der Waals surface area contributed by atoms with Crippen molar-refractivity contribution >= 4 is 18.3 Å². The predicted molar refractivity (Wildman–Crippen MR) is 74.6 cm³/mol. The molecule has 3 atom stereocenters. The molecule has 104 valence electrons. The maximum Gasteiger partial charge on any atom is 0.225 e. The van der Waals surface area contributed by atoms with Crippen molar-refractivity contribution in [3.8, 4) is 0 Å². The molecule has 1 heterocycles. The van der Waals surface area contributed by atoms with Crippen LogP contribution in [0, 0.1) is 17.8 Å². The van der Waals surface area contributed by atoms with Crippen LogP contribution in [0.1, 0.15) is 44.9 Å². The van der Waals surface area contributed by atoms with Gasteiger partial charge in [0, 0.05) is 25.0 Å². The van der Waals surface area contributed by atoms with Gasteiger partial charge in [-0.05, 0) is 37.5 Å². The van der Waals surface area contributed by atoms with Crippen LogP contribution in [0.15, 0.2) is 0 Å². The van der Waals surface area contributed by atoms with E-state index in [2.05, 4.69) is 4.90 Å². The van der Waals surface area contributed by atoms with Crippen molar-refractivity contribution in [1.82, 2.24) is 4.90 Å². The van der Waals surface area contributed by atoms with Crippen LogP contribution >= 0.6 is 12.4 Å². The summed E-state index contributed by atoms with van der Waals surface area (Å²) in [4.78, 5) is 14.5. The molecule has 0 aromatic rings. The summed E-state index contributed by atoms with van der Waals surface area (Å²) in [6.07, 6.45) is 8.44. The highest BCUT2D eigenvalue weighted by atomic mass is 35.5. The van der Waals surface area contributed by atoms with Gasteiger partial charge >= 0.3 is 0 Å². The molecule has 0 aromatic carbocycles. The SMILES string of the molecule is Cl.NC1CCCC2CN(C(=O)C3CCCC3)CC12. The second-order valence-corrected chi connectivity index (χ2v) is 6.24. The Morgan fingerprint density at radius 2 is 1.72 bits per heavy atom. The van der Waals surface area contributed by atoms with Crippen LogP contribution in [0.25, 0.3) is 0 Å². The minimum absolute atomic E-state index is 0. The summed E-state index contributed by atoms with van der Waals surface area (Å²) in [5.41, 5.74) is 6.20. The lowest BCUT2D eigenvalue weighted by Gasteiger charge is -2.29. The fraction of sp³-hybridized carbons (Fsp3) is 0.929. The molecule has 3 aliphatic rings. The van der Waals surface area contributed by atoms with Gasteiger partial charge in [-0.3, -0.25) is 4.79 Å². The summed E-state index contributed by atoms with van der Waals surface area (Å²) in [5, 5.41) is 0. The van der Waals surface area contributed by atoms with Crippen molar-refractivity contribution in [2.45, 2.75) is 51.0 Å². The number of nitrogens with two attached hydrogens (primary N) is 1. The summed E-state index contributed by atoms with van der Waals surface area (Å²) in [6, 6.07) is 0.343. The van der Waals surface area contributed by atoms with Crippen LogP contribution in [-0.4, -0.2) is 29.9 Å². The van der Waals surface area contributed by atoms with Gasteiger partial charge in [-0.15, -0.1) is 12.4 Å². The van der Waals surface area contributed by atoms with E-state index in [-0.39, 0.29) is 12.4 Å². The molecule has 1 saturated heterocycles. The van der Waals surface area contributed by atoms with Crippen molar-refractivity contribution in [1.29, 1.82) is 0 Å². The highest BCUT2D eigenvalue weighted by molar-refractivity contribution is 5.85. The molecule has 18 heavy (non-hydrogen) atoms. The average Bonchev–Trinajstić information content (AvgIpc) is 2.98. The van der Waals surface area contributed by atoms with Crippen molar-refractivity contribution in [3.05, 3.63) is 0 Å². The third-order valence-corrected chi connectivity index (χ3v) is 5.17. The van der Waals surface area contributed by atoms with Crippen LogP contribution in [0.5, 0.6) is 0 Å². The van der Waals surface area contributed by atoms with Gasteiger partial charge in [-0.1, -0.05) is 19.3 Å². The molecule has 1 aliphatic heterocycles. The molecule has 2 N–H and O–H groups in total. The highest BCUT2D eigenvalue weighted by Crippen LogP contribution is 2.37. The van der Waals surface area contributed by atoms with Gasteiger partial charge in [0.05, 0.1) is 0 Å². The molecule has 1 amide bonds. The first kappa shape index (κ1) is 14.1. The van der Waals surface area contributed by atoms with Crippen molar-refractivity contribution < 1.29 is 4.79 Å². The lowest BCUT2D eigenvalue weighted by molar-refractivity contribution is -0.134. The molecule has 2 aliphatic carbocycles. The van der Waals surface area contributed by atoms with Gasteiger partial charge in [0.1, 0.15) is 0 Å². The minimum Gasteiger partial charge on any atom is -0.342 e. The first-order chi connectivity index (χ1) is 8.25.